The molecule has 7 nitrogen and oxygen atoms in total. The van der Waals surface area contributed by atoms with Crippen LogP contribution in [-0.2, 0) is 32.4 Å². The van der Waals surface area contributed by atoms with Crippen molar-refractivity contribution in [3.63, 3.8) is 0 Å². The highest BCUT2D eigenvalue weighted by Crippen LogP contribution is 2.29. The molecule has 0 radical (unpaired) electrons. The number of thiophene rings is 1. The minimum Gasteiger partial charge on any atom is -0.451 e. The molecule has 0 spiro atoms. The second kappa shape index (κ2) is 9.06. The molecule has 3 N–H and O–H groups in total. The summed E-state index contributed by atoms with van der Waals surface area (Å²) in [5, 5.41) is 7.69. The van der Waals surface area contributed by atoms with E-state index in [-0.39, 0.29) is 10.6 Å². The van der Waals surface area contributed by atoms with E-state index in [2.05, 4.69) is 5.32 Å². The molecule has 156 valence electrons. The molecule has 1 heterocycles. The van der Waals surface area contributed by atoms with Crippen LogP contribution in [0.3, 0.4) is 0 Å². The Morgan fingerprint density at radius 1 is 1.14 bits per heavy atom. The summed E-state index contributed by atoms with van der Waals surface area (Å²) in [6, 6.07) is 6.26. The van der Waals surface area contributed by atoms with E-state index in [0.717, 1.165) is 25.7 Å². The van der Waals surface area contributed by atoms with Gasteiger partial charge in [-0.25, -0.2) is 18.4 Å². The van der Waals surface area contributed by atoms with Crippen molar-refractivity contribution in [2.45, 2.75) is 50.3 Å². The molecule has 0 atom stereocenters. The lowest BCUT2D eigenvalue weighted by molar-refractivity contribution is -0.119. The van der Waals surface area contributed by atoms with Crippen LogP contribution < -0.4 is 10.5 Å². The van der Waals surface area contributed by atoms with Gasteiger partial charge in [0.1, 0.15) is 4.88 Å². The molecule has 1 aromatic carbocycles. The van der Waals surface area contributed by atoms with E-state index in [1.54, 1.807) is 19.1 Å². The highest BCUT2D eigenvalue weighted by atomic mass is 32.2. The van der Waals surface area contributed by atoms with Gasteiger partial charge in [0, 0.05) is 10.6 Å². The monoisotopic (exact) mass is 436 g/mol. The van der Waals surface area contributed by atoms with E-state index >= 15 is 0 Å². The van der Waals surface area contributed by atoms with Gasteiger partial charge in [-0.1, -0.05) is 18.9 Å². The number of nitrogens with one attached hydrogen (secondary N) is 1. The Balaban J connectivity index is 1.60. The molecule has 0 unspecified atom stereocenters. The number of sulfonamides is 1. The van der Waals surface area contributed by atoms with E-state index in [4.69, 9.17) is 9.88 Å². The molecular weight excluding hydrogens is 412 g/mol. The largest absolute Gasteiger partial charge is 0.451 e. The number of anilines is 1. The molecule has 1 amide bonds. The minimum atomic E-state index is -3.90. The second-order valence-electron chi connectivity index (χ2n) is 7.12. The Morgan fingerprint density at radius 2 is 1.86 bits per heavy atom. The lowest BCUT2D eigenvalue weighted by Gasteiger charge is -2.09. The maximum absolute atomic E-state index is 12.3. The number of primary sulfonamides is 1. The molecule has 1 aliphatic carbocycles. The summed E-state index contributed by atoms with van der Waals surface area (Å²) in [6.45, 7) is 1.15. The number of amides is 1. The first-order valence-electron chi connectivity index (χ1n) is 9.46. The second-order valence-corrected chi connectivity index (χ2v) is 9.79. The van der Waals surface area contributed by atoms with Crippen LogP contribution in [0.5, 0.6) is 0 Å². The van der Waals surface area contributed by atoms with Crippen LogP contribution in [0.4, 0.5) is 5.69 Å². The lowest BCUT2D eigenvalue weighted by Crippen LogP contribution is -2.21. The number of hydrogen-bond acceptors (Lipinski definition) is 6. The molecule has 0 bridgehead atoms. The summed E-state index contributed by atoms with van der Waals surface area (Å²) < 4.78 is 28.3. The molecule has 2 aromatic rings. The number of hydrogen-bond donors (Lipinski definition) is 2. The van der Waals surface area contributed by atoms with Crippen LogP contribution in [0.2, 0.25) is 0 Å². The van der Waals surface area contributed by atoms with Crippen LogP contribution >= 0.6 is 11.3 Å². The fraction of sp³-hybridized carbons (Fsp3) is 0.400. The summed E-state index contributed by atoms with van der Waals surface area (Å²) in [5.74, 6) is -1.08. The van der Waals surface area contributed by atoms with Gasteiger partial charge in [-0.05, 0) is 61.9 Å². The molecule has 0 saturated heterocycles. The van der Waals surface area contributed by atoms with Crippen LogP contribution in [-0.4, -0.2) is 26.9 Å². The van der Waals surface area contributed by atoms with Gasteiger partial charge < -0.3 is 10.1 Å². The van der Waals surface area contributed by atoms with Crippen LogP contribution in [0.1, 0.15) is 51.4 Å². The van der Waals surface area contributed by atoms with Crippen molar-refractivity contribution in [3.05, 3.63) is 45.1 Å². The zero-order chi connectivity index (χ0) is 21.0. The topological polar surface area (TPSA) is 116 Å². The Morgan fingerprint density at radius 3 is 2.59 bits per heavy atom. The highest BCUT2D eigenvalue weighted by Gasteiger charge is 2.18. The van der Waals surface area contributed by atoms with Gasteiger partial charge in [-0.3, -0.25) is 4.79 Å². The SMILES string of the molecule is Cc1ccc(NC(=O)COC(=O)c2cc3c(s2)CCCCCC3)cc1S(N)(=O)=O. The van der Waals surface area contributed by atoms with Gasteiger partial charge in [0.25, 0.3) is 5.91 Å². The number of carbonyl (C=O) groups is 2. The lowest BCUT2D eigenvalue weighted by atomic mass is 10.00. The summed E-state index contributed by atoms with van der Waals surface area (Å²) in [4.78, 5) is 26.1. The third kappa shape index (κ3) is 5.65. The van der Waals surface area contributed by atoms with E-state index < -0.39 is 28.5 Å². The summed E-state index contributed by atoms with van der Waals surface area (Å²) in [6.07, 6.45) is 6.62. The minimum absolute atomic E-state index is 0.0664. The predicted octanol–water partition coefficient (Wildman–Crippen LogP) is 3.16. The quantitative estimate of drug-likeness (QED) is 0.699. The fourth-order valence-electron chi connectivity index (χ4n) is 3.33. The van der Waals surface area contributed by atoms with Gasteiger partial charge in [0.15, 0.2) is 6.61 Å². The van der Waals surface area contributed by atoms with Crippen molar-refractivity contribution in [1.29, 1.82) is 0 Å². The number of ether oxygens (including phenoxy) is 1. The van der Waals surface area contributed by atoms with Crippen molar-refractivity contribution >= 4 is 38.9 Å². The number of esters is 1. The molecular formula is C20H24N2O5S2. The number of aryl methyl sites for hydroxylation is 3. The summed E-state index contributed by atoms with van der Waals surface area (Å²) in [7, 11) is -3.90. The summed E-state index contributed by atoms with van der Waals surface area (Å²) in [5.41, 5.74) is 1.95. The summed E-state index contributed by atoms with van der Waals surface area (Å²) >= 11 is 1.44. The predicted molar refractivity (Wildman–Crippen MR) is 112 cm³/mol. The smallest absolute Gasteiger partial charge is 0.348 e. The standard InChI is InChI=1S/C20H24N2O5S2/c1-13-8-9-15(11-18(13)29(21,25)26)22-19(23)12-27-20(24)17-10-14-6-4-2-3-5-7-16(14)28-17/h8-11H,2-7,12H2,1H3,(H,22,23)(H2,21,25,26). The number of carbonyl (C=O) groups excluding carboxylic acids is 2. The Labute approximate surface area is 174 Å². The van der Waals surface area contributed by atoms with Gasteiger partial charge in [0.2, 0.25) is 10.0 Å². The number of benzene rings is 1. The first-order valence-corrected chi connectivity index (χ1v) is 11.8. The highest BCUT2D eigenvalue weighted by molar-refractivity contribution is 7.89. The third-order valence-corrected chi connectivity index (χ3v) is 7.08. The van der Waals surface area contributed by atoms with Gasteiger partial charge in [0.05, 0.1) is 4.90 Å². The Hall–Kier alpha value is -2.23. The normalized spacial score (nSPS) is 14.4. The molecule has 0 aliphatic heterocycles. The van der Waals surface area contributed by atoms with Gasteiger partial charge >= 0.3 is 5.97 Å². The van der Waals surface area contributed by atoms with Crippen molar-refractivity contribution in [1.82, 2.24) is 0 Å². The van der Waals surface area contributed by atoms with Crippen molar-refractivity contribution in [2.24, 2.45) is 5.14 Å². The number of fused-ring (bicyclic) bond motifs is 1. The molecule has 1 aromatic heterocycles. The van der Waals surface area contributed by atoms with Gasteiger partial charge in [-0.2, -0.15) is 0 Å². The van der Waals surface area contributed by atoms with Crippen molar-refractivity contribution in [2.75, 3.05) is 11.9 Å². The molecule has 3 rings (SSSR count). The Kier molecular flexibility index (Phi) is 6.71. The maximum Gasteiger partial charge on any atom is 0.348 e. The van der Waals surface area contributed by atoms with E-state index in [9.17, 15) is 18.0 Å². The molecule has 0 saturated carbocycles. The van der Waals surface area contributed by atoms with E-state index in [0.29, 0.717) is 10.4 Å². The molecule has 0 fully saturated rings. The zero-order valence-corrected chi connectivity index (χ0v) is 17.8. The number of rotatable bonds is 5. The first-order chi connectivity index (χ1) is 13.7. The van der Waals surface area contributed by atoms with Crippen LogP contribution in [0.15, 0.2) is 29.2 Å². The van der Waals surface area contributed by atoms with E-state index in [1.165, 1.54) is 40.7 Å². The van der Waals surface area contributed by atoms with Gasteiger partial charge in [-0.15, -0.1) is 11.3 Å². The number of nitrogens with two attached hydrogens (primary N) is 1. The zero-order valence-electron chi connectivity index (χ0n) is 16.2. The molecule has 9 heteroatoms. The average molecular weight is 437 g/mol. The molecule has 29 heavy (non-hydrogen) atoms. The van der Waals surface area contributed by atoms with E-state index in [1.807, 2.05) is 6.07 Å². The van der Waals surface area contributed by atoms with Crippen LogP contribution in [0.25, 0.3) is 0 Å². The Bertz CT molecular complexity index is 1000. The first kappa shape index (κ1) is 21.5. The maximum atomic E-state index is 12.3. The average Bonchev–Trinajstić information content (AvgIpc) is 3.02. The third-order valence-electron chi connectivity index (χ3n) is 4.81. The van der Waals surface area contributed by atoms with Crippen molar-refractivity contribution < 1.29 is 22.7 Å². The molecule has 1 aliphatic rings. The fourth-order valence-corrected chi connectivity index (χ4v) is 5.28. The van der Waals surface area contributed by atoms with Crippen LogP contribution in [0, 0.1) is 6.92 Å². The van der Waals surface area contributed by atoms with Crippen molar-refractivity contribution in [3.8, 4) is 0 Å².